The first-order valence-electron chi connectivity index (χ1n) is 8.50. The van der Waals surface area contributed by atoms with Crippen molar-refractivity contribution in [3.8, 4) is 0 Å². The van der Waals surface area contributed by atoms with Crippen molar-refractivity contribution < 1.29 is 19.0 Å². The summed E-state index contributed by atoms with van der Waals surface area (Å²) in [5.74, 6) is 0. The molecule has 3 unspecified atom stereocenters. The third kappa shape index (κ3) is 4.59. The molecule has 0 bridgehead atoms. The Kier molecular flexibility index (Phi) is 5.38. The van der Waals surface area contributed by atoms with Crippen LogP contribution in [0.4, 0.5) is 4.79 Å². The molecule has 22 heavy (non-hydrogen) atoms. The van der Waals surface area contributed by atoms with Crippen molar-refractivity contribution in [2.45, 2.75) is 83.7 Å². The van der Waals surface area contributed by atoms with E-state index in [9.17, 15) is 4.79 Å². The summed E-state index contributed by atoms with van der Waals surface area (Å²) in [6, 6.07) is 0. The van der Waals surface area contributed by atoms with Crippen LogP contribution in [0.2, 0.25) is 0 Å². The Hall–Kier alpha value is -0.810. The molecule has 0 aromatic rings. The van der Waals surface area contributed by atoms with Gasteiger partial charge in [0.25, 0.3) is 0 Å². The van der Waals surface area contributed by atoms with Crippen LogP contribution >= 0.6 is 0 Å². The summed E-state index contributed by atoms with van der Waals surface area (Å²) in [7, 11) is 0. The third-order valence-corrected chi connectivity index (χ3v) is 4.51. The van der Waals surface area contributed by atoms with Gasteiger partial charge in [-0.05, 0) is 53.4 Å². The maximum absolute atomic E-state index is 12.2. The van der Waals surface area contributed by atoms with Gasteiger partial charge < -0.3 is 19.1 Å². The fourth-order valence-electron chi connectivity index (χ4n) is 3.11. The summed E-state index contributed by atoms with van der Waals surface area (Å²) in [4.78, 5) is 14.0. The van der Waals surface area contributed by atoms with Gasteiger partial charge in [-0.3, -0.25) is 0 Å². The van der Waals surface area contributed by atoms with Gasteiger partial charge in [-0.1, -0.05) is 6.92 Å². The Labute approximate surface area is 134 Å². The van der Waals surface area contributed by atoms with Gasteiger partial charge in [0, 0.05) is 6.54 Å². The fraction of sp³-hybridized carbons (Fsp3) is 0.941. The lowest BCUT2D eigenvalue weighted by molar-refractivity contribution is -0.0883. The number of rotatable bonds is 4. The Morgan fingerprint density at radius 3 is 2.64 bits per heavy atom. The van der Waals surface area contributed by atoms with Crippen molar-refractivity contribution in [2.75, 3.05) is 19.7 Å². The molecule has 2 aliphatic heterocycles. The monoisotopic (exact) mass is 313 g/mol. The number of carbonyl (C=O) groups is 1. The van der Waals surface area contributed by atoms with E-state index in [4.69, 9.17) is 14.2 Å². The molecule has 0 saturated carbocycles. The summed E-state index contributed by atoms with van der Waals surface area (Å²) >= 11 is 0. The van der Waals surface area contributed by atoms with Gasteiger partial charge in [-0.25, -0.2) is 4.79 Å². The van der Waals surface area contributed by atoms with E-state index >= 15 is 0 Å². The topological polar surface area (TPSA) is 48.0 Å². The molecule has 0 radical (unpaired) electrons. The first-order chi connectivity index (χ1) is 10.2. The van der Waals surface area contributed by atoms with Gasteiger partial charge in [0.05, 0.1) is 31.0 Å². The first-order valence-corrected chi connectivity index (χ1v) is 8.50. The SMILES string of the molecule is CCC1(OCC2CCC(C)O2)CCN(C(=O)OC(C)(C)C)C1. The summed E-state index contributed by atoms with van der Waals surface area (Å²) in [5.41, 5.74) is -0.699. The van der Waals surface area contributed by atoms with Crippen LogP contribution in [0.5, 0.6) is 0 Å². The van der Waals surface area contributed by atoms with Gasteiger partial charge in [-0.15, -0.1) is 0 Å². The molecule has 2 fully saturated rings. The second-order valence-corrected chi connectivity index (χ2v) is 7.65. The summed E-state index contributed by atoms with van der Waals surface area (Å²) in [6.45, 7) is 11.8. The maximum atomic E-state index is 12.2. The number of amides is 1. The average molecular weight is 313 g/mol. The largest absolute Gasteiger partial charge is 0.444 e. The molecule has 0 spiro atoms. The number of likely N-dealkylation sites (tertiary alicyclic amines) is 1. The lowest BCUT2D eigenvalue weighted by Gasteiger charge is -2.30. The van der Waals surface area contributed by atoms with Crippen molar-refractivity contribution >= 4 is 6.09 Å². The number of ether oxygens (including phenoxy) is 3. The number of nitrogens with zero attached hydrogens (tertiary/aromatic N) is 1. The predicted octanol–water partition coefficient (Wildman–Crippen LogP) is 3.36. The molecule has 0 aliphatic carbocycles. The Bertz CT molecular complexity index is 393. The van der Waals surface area contributed by atoms with E-state index in [0.29, 0.717) is 25.8 Å². The molecule has 2 saturated heterocycles. The lowest BCUT2D eigenvalue weighted by Crippen LogP contribution is -2.41. The maximum Gasteiger partial charge on any atom is 0.410 e. The number of hydrogen-bond donors (Lipinski definition) is 0. The van der Waals surface area contributed by atoms with Crippen LogP contribution in [0.3, 0.4) is 0 Å². The second kappa shape index (κ2) is 6.75. The minimum absolute atomic E-state index is 0.203. The van der Waals surface area contributed by atoms with E-state index in [-0.39, 0.29) is 17.8 Å². The van der Waals surface area contributed by atoms with E-state index in [1.165, 1.54) is 0 Å². The Balaban J connectivity index is 1.85. The molecular weight excluding hydrogens is 282 g/mol. The van der Waals surface area contributed by atoms with Crippen LogP contribution < -0.4 is 0 Å². The summed E-state index contributed by atoms with van der Waals surface area (Å²) < 4.78 is 17.5. The molecule has 1 amide bonds. The van der Waals surface area contributed by atoms with E-state index < -0.39 is 5.60 Å². The highest BCUT2D eigenvalue weighted by molar-refractivity contribution is 5.68. The van der Waals surface area contributed by atoms with Crippen LogP contribution in [0, 0.1) is 0 Å². The molecule has 0 aromatic heterocycles. The zero-order valence-electron chi connectivity index (χ0n) is 14.7. The van der Waals surface area contributed by atoms with Crippen LogP contribution in [0.1, 0.15) is 60.3 Å². The normalized spacial score (nSPS) is 32.5. The quantitative estimate of drug-likeness (QED) is 0.798. The fourth-order valence-corrected chi connectivity index (χ4v) is 3.11. The highest BCUT2D eigenvalue weighted by atomic mass is 16.6. The Morgan fingerprint density at radius 2 is 2.09 bits per heavy atom. The minimum Gasteiger partial charge on any atom is -0.444 e. The van der Waals surface area contributed by atoms with Gasteiger partial charge in [0.2, 0.25) is 0 Å². The average Bonchev–Trinajstić information content (AvgIpc) is 3.02. The zero-order chi connectivity index (χ0) is 16.4. The van der Waals surface area contributed by atoms with Crippen molar-refractivity contribution in [1.29, 1.82) is 0 Å². The van der Waals surface area contributed by atoms with E-state index in [1.54, 1.807) is 4.90 Å². The standard InChI is InChI=1S/C17H31NO4/c1-6-17(20-11-14-8-7-13(2)21-14)9-10-18(12-17)15(19)22-16(3,4)5/h13-14H,6-12H2,1-5H3. The molecule has 0 N–H and O–H groups in total. The molecule has 3 atom stereocenters. The molecule has 128 valence electrons. The van der Waals surface area contributed by atoms with Crippen molar-refractivity contribution in [3.63, 3.8) is 0 Å². The molecule has 5 heteroatoms. The lowest BCUT2D eigenvalue weighted by atomic mass is 9.99. The summed E-state index contributed by atoms with van der Waals surface area (Å²) in [5, 5.41) is 0. The molecule has 5 nitrogen and oxygen atoms in total. The zero-order valence-corrected chi connectivity index (χ0v) is 14.7. The van der Waals surface area contributed by atoms with Crippen LogP contribution in [0.25, 0.3) is 0 Å². The highest BCUT2D eigenvalue weighted by Crippen LogP contribution is 2.31. The van der Waals surface area contributed by atoms with Gasteiger partial charge in [0.1, 0.15) is 5.60 Å². The smallest absolute Gasteiger partial charge is 0.410 e. The van der Waals surface area contributed by atoms with Crippen molar-refractivity contribution in [2.24, 2.45) is 0 Å². The number of carbonyl (C=O) groups excluding carboxylic acids is 1. The predicted molar refractivity (Wildman–Crippen MR) is 85.0 cm³/mol. The minimum atomic E-state index is -0.455. The molecule has 0 aromatic carbocycles. The molecule has 2 rings (SSSR count). The van der Waals surface area contributed by atoms with Gasteiger partial charge in [0.15, 0.2) is 0 Å². The van der Waals surface area contributed by atoms with Gasteiger partial charge >= 0.3 is 6.09 Å². The van der Waals surface area contributed by atoms with Gasteiger partial charge in [-0.2, -0.15) is 0 Å². The first kappa shape index (κ1) is 17.5. The van der Waals surface area contributed by atoms with Crippen LogP contribution in [-0.4, -0.2) is 54.1 Å². The van der Waals surface area contributed by atoms with E-state index in [1.807, 2.05) is 20.8 Å². The van der Waals surface area contributed by atoms with E-state index in [0.717, 1.165) is 25.7 Å². The number of hydrogen-bond acceptors (Lipinski definition) is 4. The Morgan fingerprint density at radius 1 is 1.36 bits per heavy atom. The third-order valence-electron chi connectivity index (χ3n) is 4.51. The van der Waals surface area contributed by atoms with Crippen molar-refractivity contribution in [1.82, 2.24) is 4.90 Å². The highest BCUT2D eigenvalue weighted by Gasteiger charge is 2.41. The second-order valence-electron chi connectivity index (χ2n) is 7.65. The molecule has 2 heterocycles. The van der Waals surface area contributed by atoms with E-state index in [2.05, 4.69) is 13.8 Å². The molecular formula is C17H31NO4. The molecule has 2 aliphatic rings. The van der Waals surface area contributed by atoms with Crippen LogP contribution in [-0.2, 0) is 14.2 Å². The summed E-state index contributed by atoms with van der Waals surface area (Å²) in [6.07, 6.45) is 4.24. The van der Waals surface area contributed by atoms with Crippen molar-refractivity contribution in [3.05, 3.63) is 0 Å². The van der Waals surface area contributed by atoms with Crippen LogP contribution in [0.15, 0.2) is 0 Å².